The van der Waals surface area contributed by atoms with Crippen LogP contribution < -0.4 is 5.32 Å². The Morgan fingerprint density at radius 3 is 2.16 bits per heavy atom. The summed E-state index contributed by atoms with van der Waals surface area (Å²) in [5, 5.41) is 11.3. The number of carbonyl (C=O) groups excluding carboxylic acids is 2. The Morgan fingerprint density at radius 2 is 1.74 bits per heavy atom. The molecule has 0 fully saturated rings. The minimum atomic E-state index is -0.924. The first-order valence-corrected chi connectivity index (χ1v) is 6.46. The third-order valence-corrected chi connectivity index (χ3v) is 2.64. The average molecular weight is 272 g/mol. The van der Waals surface area contributed by atoms with Gasteiger partial charge >= 0.3 is 5.97 Å². The number of carbonyl (C=O) groups is 3. The number of hydrogen-bond donors (Lipinski definition) is 2. The Hall–Kier alpha value is -1.59. The van der Waals surface area contributed by atoms with E-state index in [9.17, 15) is 14.4 Å². The molecular formula is C13H24N2O4. The first-order valence-electron chi connectivity index (χ1n) is 6.46. The fraction of sp³-hybridized carbons (Fsp3) is 0.769. The van der Waals surface area contributed by atoms with Gasteiger partial charge in [0.1, 0.15) is 0 Å². The quantitative estimate of drug-likeness (QED) is 0.719. The Bertz CT molecular complexity index is 334. The molecule has 0 bridgehead atoms. The van der Waals surface area contributed by atoms with Crippen LogP contribution in [0.25, 0.3) is 0 Å². The molecule has 19 heavy (non-hydrogen) atoms. The van der Waals surface area contributed by atoms with E-state index in [0.717, 1.165) is 0 Å². The van der Waals surface area contributed by atoms with Crippen molar-refractivity contribution in [2.45, 2.75) is 40.5 Å². The van der Waals surface area contributed by atoms with E-state index >= 15 is 0 Å². The van der Waals surface area contributed by atoms with Crippen LogP contribution in [0.3, 0.4) is 0 Å². The monoisotopic (exact) mass is 272 g/mol. The van der Waals surface area contributed by atoms with Gasteiger partial charge in [-0.1, -0.05) is 20.8 Å². The fourth-order valence-electron chi connectivity index (χ4n) is 1.40. The summed E-state index contributed by atoms with van der Waals surface area (Å²) in [5.41, 5.74) is -0.475. The van der Waals surface area contributed by atoms with Gasteiger partial charge in [-0.05, 0) is 6.92 Å². The van der Waals surface area contributed by atoms with Crippen molar-refractivity contribution in [3.63, 3.8) is 0 Å². The molecule has 0 spiro atoms. The van der Waals surface area contributed by atoms with Gasteiger partial charge in [-0.15, -0.1) is 0 Å². The zero-order valence-corrected chi connectivity index (χ0v) is 12.2. The molecule has 0 saturated heterocycles. The van der Waals surface area contributed by atoms with Gasteiger partial charge in [-0.3, -0.25) is 14.4 Å². The van der Waals surface area contributed by atoms with Gasteiger partial charge in [0.25, 0.3) is 0 Å². The number of amides is 2. The smallest absolute Gasteiger partial charge is 0.305 e. The van der Waals surface area contributed by atoms with Crippen molar-refractivity contribution >= 4 is 17.8 Å². The van der Waals surface area contributed by atoms with Gasteiger partial charge in [0, 0.05) is 31.5 Å². The van der Waals surface area contributed by atoms with Crippen LogP contribution in [0.1, 0.15) is 40.5 Å². The van der Waals surface area contributed by atoms with E-state index in [2.05, 4.69) is 5.32 Å². The van der Waals surface area contributed by atoms with E-state index in [4.69, 9.17) is 5.11 Å². The fourth-order valence-corrected chi connectivity index (χ4v) is 1.40. The van der Waals surface area contributed by atoms with Crippen LogP contribution in [0.5, 0.6) is 0 Å². The molecule has 0 atom stereocenters. The van der Waals surface area contributed by atoms with Crippen molar-refractivity contribution < 1.29 is 19.5 Å². The molecule has 0 rings (SSSR count). The summed E-state index contributed by atoms with van der Waals surface area (Å²) in [6.07, 6.45) is 0.128. The number of nitrogens with zero attached hydrogens (tertiary/aromatic N) is 1. The second-order valence-electron chi connectivity index (χ2n) is 5.37. The molecule has 0 aromatic rings. The molecule has 2 N–H and O–H groups in total. The standard InChI is InChI=1S/C13H24N2O4/c1-5-15(9-7-11(17)18)10(16)6-8-14-12(19)13(2,3)4/h5-9H2,1-4H3,(H,14,19)(H,17,18). The topological polar surface area (TPSA) is 86.7 Å². The zero-order chi connectivity index (χ0) is 15.1. The van der Waals surface area contributed by atoms with Gasteiger partial charge in [0.05, 0.1) is 6.42 Å². The molecule has 0 heterocycles. The highest BCUT2D eigenvalue weighted by Gasteiger charge is 2.21. The Kier molecular flexibility index (Phi) is 7.11. The predicted molar refractivity (Wildman–Crippen MR) is 71.6 cm³/mol. The van der Waals surface area contributed by atoms with Crippen LogP contribution in [0.15, 0.2) is 0 Å². The molecule has 0 radical (unpaired) electrons. The summed E-state index contributed by atoms with van der Waals surface area (Å²) in [5.74, 6) is -1.17. The highest BCUT2D eigenvalue weighted by molar-refractivity contribution is 5.82. The van der Waals surface area contributed by atoms with Crippen LogP contribution in [0, 0.1) is 5.41 Å². The van der Waals surface area contributed by atoms with Crippen molar-refractivity contribution in [2.24, 2.45) is 5.41 Å². The number of carboxylic acid groups (broad SMARTS) is 1. The van der Waals surface area contributed by atoms with Crippen molar-refractivity contribution in [2.75, 3.05) is 19.6 Å². The van der Waals surface area contributed by atoms with Gasteiger partial charge in [-0.25, -0.2) is 0 Å². The molecule has 0 aliphatic heterocycles. The van der Waals surface area contributed by atoms with E-state index < -0.39 is 11.4 Å². The lowest BCUT2D eigenvalue weighted by molar-refractivity contribution is -0.138. The van der Waals surface area contributed by atoms with Gasteiger partial charge in [-0.2, -0.15) is 0 Å². The summed E-state index contributed by atoms with van der Waals surface area (Å²) in [7, 11) is 0. The molecule has 2 amide bonds. The highest BCUT2D eigenvalue weighted by atomic mass is 16.4. The summed E-state index contributed by atoms with van der Waals surface area (Å²) in [6.45, 7) is 8.16. The lowest BCUT2D eigenvalue weighted by Crippen LogP contribution is -2.39. The third kappa shape index (κ3) is 7.43. The number of carboxylic acids is 1. The van der Waals surface area contributed by atoms with Crippen molar-refractivity contribution in [1.82, 2.24) is 10.2 Å². The van der Waals surface area contributed by atoms with Crippen molar-refractivity contribution in [1.29, 1.82) is 0 Å². The molecule has 0 saturated carbocycles. The van der Waals surface area contributed by atoms with Gasteiger partial charge in [0.15, 0.2) is 0 Å². The number of rotatable bonds is 7. The minimum absolute atomic E-state index is 0.0616. The van der Waals surface area contributed by atoms with Crippen LogP contribution >= 0.6 is 0 Å². The first-order chi connectivity index (χ1) is 8.68. The molecule has 0 aliphatic rings. The molecule has 6 heteroatoms. The first kappa shape index (κ1) is 17.4. The van der Waals surface area contributed by atoms with Crippen LogP contribution in [0.4, 0.5) is 0 Å². The summed E-state index contributed by atoms with van der Waals surface area (Å²) in [6, 6.07) is 0. The second kappa shape index (κ2) is 7.76. The summed E-state index contributed by atoms with van der Waals surface area (Å²) in [4.78, 5) is 35.3. The van der Waals surface area contributed by atoms with Crippen LogP contribution in [-0.4, -0.2) is 47.4 Å². The molecule has 0 aromatic carbocycles. The normalized spacial score (nSPS) is 10.9. The summed E-state index contributed by atoms with van der Waals surface area (Å²) >= 11 is 0. The van der Waals surface area contributed by atoms with E-state index in [-0.39, 0.29) is 37.7 Å². The van der Waals surface area contributed by atoms with Crippen molar-refractivity contribution in [3.05, 3.63) is 0 Å². The Morgan fingerprint density at radius 1 is 1.16 bits per heavy atom. The van der Waals surface area contributed by atoms with E-state index in [1.54, 1.807) is 27.7 Å². The maximum Gasteiger partial charge on any atom is 0.305 e. The van der Waals surface area contributed by atoms with Crippen LogP contribution in [-0.2, 0) is 14.4 Å². The molecule has 6 nitrogen and oxygen atoms in total. The number of aliphatic carboxylic acids is 1. The molecule has 0 unspecified atom stereocenters. The summed E-state index contributed by atoms with van der Waals surface area (Å²) < 4.78 is 0. The largest absolute Gasteiger partial charge is 0.481 e. The second-order valence-corrected chi connectivity index (χ2v) is 5.37. The molecule has 0 aromatic heterocycles. The highest BCUT2D eigenvalue weighted by Crippen LogP contribution is 2.12. The van der Waals surface area contributed by atoms with E-state index in [1.807, 2.05) is 0 Å². The maximum absolute atomic E-state index is 11.8. The predicted octanol–water partition coefficient (Wildman–Crippen LogP) is 0.862. The lowest BCUT2D eigenvalue weighted by atomic mass is 9.96. The number of nitrogens with one attached hydrogen (secondary N) is 1. The average Bonchev–Trinajstić information content (AvgIpc) is 2.27. The lowest BCUT2D eigenvalue weighted by Gasteiger charge is -2.21. The SMILES string of the molecule is CCN(CCC(=O)O)C(=O)CCNC(=O)C(C)(C)C. The van der Waals surface area contributed by atoms with E-state index in [0.29, 0.717) is 6.54 Å². The maximum atomic E-state index is 11.8. The zero-order valence-electron chi connectivity index (χ0n) is 12.2. The van der Waals surface area contributed by atoms with Gasteiger partial charge in [0.2, 0.25) is 11.8 Å². The number of hydrogen-bond acceptors (Lipinski definition) is 3. The Balaban J connectivity index is 4.08. The molecule has 110 valence electrons. The van der Waals surface area contributed by atoms with E-state index in [1.165, 1.54) is 4.90 Å². The minimum Gasteiger partial charge on any atom is -0.481 e. The molecule has 0 aliphatic carbocycles. The third-order valence-electron chi connectivity index (χ3n) is 2.64. The van der Waals surface area contributed by atoms with Gasteiger partial charge < -0.3 is 15.3 Å². The van der Waals surface area contributed by atoms with Crippen LogP contribution in [0.2, 0.25) is 0 Å². The Labute approximate surface area is 114 Å². The van der Waals surface area contributed by atoms with Crippen molar-refractivity contribution in [3.8, 4) is 0 Å². The molecular weight excluding hydrogens is 248 g/mol.